The van der Waals surface area contributed by atoms with Crippen LogP contribution in [-0.2, 0) is 14.3 Å². The molecule has 6 nitrogen and oxygen atoms in total. The molecule has 1 amide bonds. The number of carbonyl (C=O) groups excluding carboxylic acids is 2. The van der Waals surface area contributed by atoms with Crippen molar-refractivity contribution in [3.05, 3.63) is 48.6 Å². The van der Waals surface area contributed by atoms with Gasteiger partial charge in [0.1, 0.15) is 0 Å². The van der Waals surface area contributed by atoms with Crippen molar-refractivity contribution < 1.29 is 24.5 Å². The Morgan fingerprint density at radius 2 is 0.769 bits per heavy atom. The number of hydrogen-bond acceptors (Lipinski definition) is 5. The Labute approximate surface area is 404 Å². The lowest BCUT2D eigenvalue weighted by Gasteiger charge is -2.22. The standard InChI is InChI=1S/C59H109NO5/c1-3-5-7-9-11-13-15-17-19-25-29-33-37-41-45-49-53-59(64)65-54-50-46-42-38-34-30-26-22-20-21-24-28-32-36-40-44-48-52-58(63)60-56(55-61)57(62)51-47-43-39-35-31-27-23-18-16-14-12-10-8-6-4-2/h13,15,19-20,22,25,30,34,56-57,61-62H,3-12,14,16-18,21,23-24,26-29,31-33,35-55H2,1-2H3,(H,60,63)/b15-13-,22-20-,25-19-,34-30-. The molecule has 0 aromatic heterocycles. The number of rotatable bonds is 52. The summed E-state index contributed by atoms with van der Waals surface area (Å²) < 4.78 is 5.45. The summed E-state index contributed by atoms with van der Waals surface area (Å²) in [6.07, 6.45) is 68.1. The second-order valence-electron chi connectivity index (χ2n) is 19.3. The number of allylic oxidation sites excluding steroid dienone is 8. The molecule has 0 rings (SSSR count). The number of ether oxygens (including phenoxy) is 1. The topological polar surface area (TPSA) is 95.9 Å². The van der Waals surface area contributed by atoms with Crippen LogP contribution >= 0.6 is 0 Å². The number of esters is 1. The third-order valence-electron chi connectivity index (χ3n) is 12.9. The van der Waals surface area contributed by atoms with Crippen LogP contribution < -0.4 is 5.32 Å². The van der Waals surface area contributed by atoms with E-state index in [1.54, 1.807) is 0 Å². The van der Waals surface area contributed by atoms with Crippen LogP contribution in [0.3, 0.4) is 0 Å². The molecule has 0 saturated carbocycles. The fourth-order valence-electron chi connectivity index (χ4n) is 8.46. The van der Waals surface area contributed by atoms with Gasteiger partial charge in [-0.05, 0) is 96.3 Å². The number of aliphatic hydroxyl groups is 2. The van der Waals surface area contributed by atoms with E-state index in [1.807, 2.05) is 0 Å². The van der Waals surface area contributed by atoms with Gasteiger partial charge in [-0.15, -0.1) is 0 Å². The second kappa shape index (κ2) is 54.4. The first-order valence-corrected chi connectivity index (χ1v) is 28.4. The van der Waals surface area contributed by atoms with Crippen LogP contribution in [0.15, 0.2) is 48.6 Å². The number of unbranched alkanes of at least 4 members (excludes halogenated alkanes) is 33. The van der Waals surface area contributed by atoms with Gasteiger partial charge < -0.3 is 20.3 Å². The summed E-state index contributed by atoms with van der Waals surface area (Å²) in [6.45, 7) is 4.88. The lowest BCUT2D eigenvalue weighted by Crippen LogP contribution is -2.45. The van der Waals surface area contributed by atoms with Gasteiger partial charge in [-0.25, -0.2) is 0 Å². The van der Waals surface area contributed by atoms with E-state index in [0.717, 1.165) is 96.3 Å². The zero-order valence-electron chi connectivity index (χ0n) is 43.2. The zero-order chi connectivity index (χ0) is 47.2. The van der Waals surface area contributed by atoms with Gasteiger partial charge in [0.15, 0.2) is 0 Å². The van der Waals surface area contributed by atoms with Crippen molar-refractivity contribution in [2.24, 2.45) is 0 Å². The normalized spacial score (nSPS) is 13.0. The van der Waals surface area contributed by atoms with E-state index in [9.17, 15) is 19.8 Å². The van der Waals surface area contributed by atoms with Crippen LogP contribution in [0.25, 0.3) is 0 Å². The highest BCUT2D eigenvalue weighted by Gasteiger charge is 2.20. The smallest absolute Gasteiger partial charge is 0.305 e. The minimum Gasteiger partial charge on any atom is -0.466 e. The van der Waals surface area contributed by atoms with Gasteiger partial charge in [-0.3, -0.25) is 9.59 Å². The third-order valence-corrected chi connectivity index (χ3v) is 12.9. The fourth-order valence-corrected chi connectivity index (χ4v) is 8.46. The Morgan fingerprint density at radius 1 is 0.431 bits per heavy atom. The van der Waals surface area contributed by atoms with E-state index < -0.39 is 12.1 Å². The summed E-state index contributed by atoms with van der Waals surface area (Å²) in [5.74, 6) is -0.0810. The number of carbonyl (C=O) groups is 2. The monoisotopic (exact) mass is 912 g/mol. The van der Waals surface area contributed by atoms with Gasteiger partial charge in [0.2, 0.25) is 5.91 Å². The summed E-state index contributed by atoms with van der Waals surface area (Å²) >= 11 is 0. The Kier molecular flexibility index (Phi) is 52.6. The van der Waals surface area contributed by atoms with Crippen LogP contribution in [0.4, 0.5) is 0 Å². The van der Waals surface area contributed by atoms with E-state index in [1.165, 1.54) is 161 Å². The van der Waals surface area contributed by atoms with Gasteiger partial charge in [0, 0.05) is 12.8 Å². The molecule has 0 aromatic rings. The molecule has 0 fully saturated rings. The SMILES string of the molecule is CCCCCC/C=C\C/C=C\CCCCCCCC(=O)OCCCCC/C=C\C/C=C\CCCCCCCCCC(=O)NC(CO)C(O)CCCCCCCCCCCCCCCCC. The third kappa shape index (κ3) is 51.1. The van der Waals surface area contributed by atoms with Gasteiger partial charge in [0.25, 0.3) is 0 Å². The van der Waals surface area contributed by atoms with Crippen molar-refractivity contribution in [3.63, 3.8) is 0 Å². The molecule has 380 valence electrons. The maximum absolute atomic E-state index is 12.5. The van der Waals surface area contributed by atoms with Crippen molar-refractivity contribution >= 4 is 11.9 Å². The van der Waals surface area contributed by atoms with E-state index in [0.29, 0.717) is 25.9 Å². The summed E-state index contributed by atoms with van der Waals surface area (Å²) in [7, 11) is 0. The van der Waals surface area contributed by atoms with Gasteiger partial charge in [0.05, 0.1) is 25.4 Å². The van der Waals surface area contributed by atoms with Crippen molar-refractivity contribution in [2.75, 3.05) is 13.2 Å². The van der Waals surface area contributed by atoms with Crippen molar-refractivity contribution in [3.8, 4) is 0 Å². The Bertz CT molecular complexity index is 1100. The predicted octanol–water partition coefficient (Wildman–Crippen LogP) is 17.4. The summed E-state index contributed by atoms with van der Waals surface area (Å²) in [6, 6.07) is -0.555. The highest BCUT2D eigenvalue weighted by Crippen LogP contribution is 2.16. The first-order valence-electron chi connectivity index (χ1n) is 28.4. The van der Waals surface area contributed by atoms with Gasteiger partial charge in [-0.2, -0.15) is 0 Å². The predicted molar refractivity (Wildman–Crippen MR) is 282 cm³/mol. The number of nitrogens with one attached hydrogen (secondary N) is 1. The van der Waals surface area contributed by atoms with Crippen LogP contribution in [0.1, 0.15) is 290 Å². The van der Waals surface area contributed by atoms with Crippen molar-refractivity contribution in [1.29, 1.82) is 0 Å². The quantitative estimate of drug-likeness (QED) is 0.0321. The van der Waals surface area contributed by atoms with Crippen LogP contribution in [0.5, 0.6) is 0 Å². The van der Waals surface area contributed by atoms with Gasteiger partial charge >= 0.3 is 5.97 Å². The largest absolute Gasteiger partial charge is 0.466 e. The van der Waals surface area contributed by atoms with Crippen molar-refractivity contribution in [1.82, 2.24) is 5.32 Å². The molecular formula is C59H109NO5. The Morgan fingerprint density at radius 3 is 1.18 bits per heavy atom. The maximum atomic E-state index is 12.5. The molecule has 0 heterocycles. The lowest BCUT2D eigenvalue weighted by molar-refractivity contribution is -0.143. The van der Waals surface area contributed by atoms with E-state index in [-0.39, 0.29) is 18.5 Å². The summed E-state index contributed by atoms with van der Waals surface area (Å²) in [5, 5.41) is 23.2. The van der Waals surface area contributed by atoms with Crippen LogP contribution in [-0.4, -0.2) is 47.4 Å². The molecule has 6 heteroatoms. The molecular weight excluding hydrogens is 803 g/mol. The zero-order valence-corrected chi connectivity index (χ0v) is 43.2. The Hall–Kier alpha value is -2.18. The average Bonchev–Trinajstić information content (AvgIpc) is 3.31. The minimum absolute atomic E-state index is 0.0293. The van der Waals surface area contributed by atoms with E-state index in [4.69, 9.17) is 4.74 Å². The second-order valence-corrected chi connectivity index (χ2v) is 19.3. The maximum Gasteiger partial charge on any atom is 0.305 e. The van der Waals surface area contributed by atoms with Crippen molar-refractivity contribution in [2.45, 2.75) is 302 Å². The first-order chi connectivity index (χ1) is 32.0. The molecule has 0 spiro atoms. The highest BCUT2D eigenvalue weighted by molar-refractivity contribution is 5.76. The Balaban J connectivity index is 3.51. The molecule has 65 heavy (non-hydrogen) atoms. The average molecular weight is 913 g/mol. The molecule has 2 atom stereocenters. The number of hydrogen-bond donors (Lipinski definition) is 3. The van der Waals surface area contributed by atoms with Crippen LogP contribution in [0.2, 0.25) is 0 Å². The molecule has 0 radical (unpaired) electrons. The van der Waals surface area contributed by atoms with Gasteiger partial charge in [-0.1, -0.05) is 229 Å². The molecule has 0 bridgehead atoms. The first kappa shape index (κ1) is 62.8. The van der Waals surface area contributed by atoms with Crippen LogP contribution in [0, 0.1) is 0 Å². The molecule has 3 N–H and O–H groups in total. The lowest BCUT2D eigenvalue weighted by atomic mass is 10.0. The molecule has 0 saturated heterocycles. The molecule has 0 aliphatic carbocycles. The fraction of sp³-hybridized carbons (Fsp3) is 0.831. The number of aliphatic hydroxyl groups excluding tert-OH is 2. The summed E-state index contributed by atoms with van der Waals surface area (Å²) in [5.41, 5.74) is 0. The molecule has 0 aliphatic rings. The van der Waals surface area contributed by atoms with E-state index >= 15 is 0 Å². The number of amides is 1. The summed E-state index contributed by atoms with van der Waals surface area (Å²) in [4.78, 5) is 24.5. The molecule has 0 aliphatic heterocycles. The van der Waals surface area contributed by atoms with E-state index in [2.05, 4.69) is 67.8 Å². The minimum atomic E-state index is -0.676. The molecule has 2 unspecified atom stereocenters. The molecule has 0 aromatic carbocycles. The highest BCUT2D eigenvalue weighted by atomic mass is 16.5.